The molecule has 0 spiro atoms. The molecule has 0 saturated heterocycles. The second-order valence-corrected chi connectivity index (χ2v) is 9.32. The van der Waals surface area contributed by atoms with E-state index in [-0.39, 0.29) is 18.4 Å². The molecule has 2 aromatic rings. The molecular weight excluding hydrogens is 398 g/mol. The van der Waals surface area contributed by atoms with Gasteiger partial charge in [-0.15, -0.1) is 11.3 Å². The summed E-state index contributed by atoms with van der Waals surface area (Å²) in [5.41, 5.74) is 1.56. The third-order valence-electron chi connectivity index (χ3n) is 6.16. The number of imidazole rings is 1. The molecule has 0 radical (unpaired) electrons. The number of rotatable bonds is 6. The van der Waals surface area contributed by atoms with Crippen molar-refractivity contribution in [3.8, 4) is 6.07 Å². The van der Waals surface area contributed by atoms with Gasteiger partial charge >= 0.3 is 0 Å². The van der Waals surface area contributed by atoms with Crippen LogP contribution in [0.1, 0.15) is 60.9 Å². The minimum Gasteiger partial charge on any atom is -0.336 e. The van der Waals surface area contributed by atoms with E-state index in [1.165, 1.54) is 43.4 Å². The van der Waals surface area contributed by atoms with Gasteiger partial charge in [-0.1, -0.05) is 32.1 Å². The number of carbonyl (C=O) groups excluding carboxylic acids is 2. The predicted molar refractivity (Wildman–Crippen MR) is 115 cm³/mol. The Morgan fingerprint density at radius 1 is 1.30 bits per heavy atom. The van der Waals surface area contributed by atoms with Crippen LogP contribution in [0.3, 0.4) is 0 Å². The molecule has 4 rings (SSSR count). The summed E-state index contributed by atoms with van der Waals surface area (Å²) in [5.74, 6) is 0.680. The van der Waals surface area contributed by atoms with Crippen molar-refractivity contribution in [3.63, 3.8) is 0 Å². The molecule has 2 aliphatic rings. The van der Waals surface area contributed by atoms with E-state index in [2.05, 4.69) is 16.4 Å². The molecule has 158 valence electrons. The molecule has 2 aromatic heterocycles. The van der Waals surface area contributed by atoms with Crippen molar-refractivity contribution in [1.82, 2.24) is 14.5 Å². The Morgan fingerprint density at radius 3 is 2.87 bits per heavy atom. The summed E-state index contributed by atoms with van der Waals surface area (Å²) in [6.45, 7) is 1.33. The van der Waals surface area contributed by atoms with Crippen LogP contribution in [0.4, 0.5) is 5.00 Å². The normalized spacial score (nSPS) is 16.7. The number of nitrogens with zero attached hydrogens (tertiary/aromatic N) is 4. The third-order valence-corrected chi connectivity index (χ3v) is 7.29. The number of nitrogens with one attached hydrogen (secondary N) is 1. The van der Waals surface area contributed by atoms with Gasteiger partial charge in [0.25, 0.3) is 0 Å². The van der Waals surface area contributed by atoms with Crippen LogP contribution in [0.15, 0.2) is 18.7 Å². The molecule has 8 heteroatoms. The Balaban J connectivity index is 1.38. The number of anilines is 1. The summed E-state index contributed by atoms with van der Waals surface area (Å²) in [4.78, 5) is 31.9. The molecular formula is C22H27N5O2S. The van der Waals surface area contributed by atoms with Gasteiger partial charge in [0.1, 0.15) is 17.6 Å². The van der Waals surface area contributed by atoms with Crippen LogP contribution in [0, 0.1) is 17.2 Å². The molecule has 0 bridgehead atoms. The van der Waals surface area contributed by atoms with Crippen LogP contribution in [0.5, 0.6) is 0 Å². The fourth-order valence-electron chi connectivity index (χ4n) is 4.46. The van der Waals surface area contributed by atoms with Crippen LogP contribution in [-0.4, -0.2) is 32.8 Å². The number of amides is 2. The maximum absolute atomic E-state index is 12.6. The molecule has 3 heterocycles. The summed E-state index contributed by atoms with van der Waals surface area (Å²) < 4.78 is 1.75. The Labute approximate surface area is 180 Å². The molecule has 0 unspecified atom stereocenters. The second-order valence-electron chi connectivity index (χ2n) is 8.21. The fourth-order valence-corrected chi connectivity index (χ4v) is 5.69. The van der Waals surface area contributed by atoms with E-state index in [4.69, 9.17) is 0 Å². The predicted octanol–water partition coefficient (Wildman–Crippen LogP) is 3.70. The van der Waals surface area contributed by atoms with Gasteiger partial charge in [-0.25, -0.2) is 4.98 Å². The lowest BCUT2D eigenvalue weighted by Crippen LogP contribution is -2.37. The molecule has 1 fully saturated rings. The van der Waals surface area contributed by atoms with Crippen molar-refractivity contribution in [2.75, 3.05) is 11.9 Å². The van der Waals surface area contributed by atoms with E-state index in [0.717, 1.165) is 16.9 Å². The van der Waals surface area contributed by atoms with Crippen molar-refractivity contribution in [2.45, 2.75) is 64.5 Å². The second kappa shape index (κ2) is 9.43. The zero-order valence-corrected chi connectivity index (χ0v) is 17.9. The summed E-state index contributed by atoms with van der Waals surface area (Å²) in [6.07, 6.45) is 13.5. The standard InChI is InChI=1S/C22H27N5O2S/c23-12-18-17-8-10-27(21(29)14-26-11-9-24-15-26)13-19(17)30-22(18)25-20(28)7-6-16-4-2-1-3-5-16/h9,11,15-16H,1-8,10,13-14H2,(H,25,28). The summed E-state index contributed by atoms with van der Waals surface area (Å²) >= 11 is 1.44. The number of aromatic nitrogens is 2. The van der Waals surface area contributed by atoms with E-state index >= 15 is 0 Å². The Bertz CT molecular complexity index is 938. The summed E-state index contributed by atoms with van der Waals surface area (Å²) in [5, 5.41) is 13.3. The van der Waals surface area contributed by atoms with Crippen molar-refractivity contribution >= 4 is 28.2 Å². The van der Waals surface area contributed by atoms with Crippen LogP contribution in [-0.2, 0) is 29.1 Å². The van der Waals surface area contributed by atoms with Crippen molar-refractivity contribution < 1.29 is 9.59 Å². The first-order valence-electron chi connectivity index (χ1n) is 10.7. The molecule has 7 nitrogen and oxygen atoms in total. The Kier molecular flexibility index (Phi) is 6.48. The van der Waals surface area contributed by atoms with E-state index in [0.29, 0.717) is 42.4 Å². The third kappa shape index (κ3) is 4.73. The lowest BCUT2D eigenvalue weighted by molar-refractivity contribution is -0.132. The van der Waals surface area contributed by atoms with Gasteiger partial charge in [-0.2, -0.15) is 5.26 Å². The Hall–Kier alpha value is -2.66. The van der Waals surface area contributed by atoms with Gasteiger partial charge in [-0.3, -0.25) is 9.59 Å². The first-order valence-corrected chi connectivity index (χ1v) is 11.5. The summed E-state index contributed by atoms with van der Waals surface area (Å²) in [7, 11) is 0. The van der Waals surface area contributed by atoms with Crippen molar-refractivity contribution in [1.29, 1.82) is 5.26 Å². The smallest absolute Gasteiger partial charge is 0.242 e. The Morgan fingerprint density at radius 2 is 2.13 bits per heavy atom. The van der Waals surface area contributed by atoms with E-state index in [1.807, 2.05) is 4.90 Å². The molecule has 1 saturated carbocycles. The lowest BCUT2D eigenvalue weighted by Gasteiger charge is -2.27. The first-order chi connectivity index (χ1) is 14.6. The average Bonchev–Trinajstić information content (AvgIpc) is 3.39. The van der Waals surface area contributed by atoms with E-state index in [1.54, 1.807) is 23.3 Å². The number of fused-ring (bicyclic) bond motifs is 1. The number of hydrogen-bond donors (Lipinski definition) is 1. The molecule has 0 aromatic carbocycles. The van der Waals surface area contributed by atoms with E-state index in [9.17, 15) is 14.9 Å². The highest BCUT2D eigenvalue weighted by Crippen LogP contribution is 2.37. The van der Waals surface area contributed by atoms with Crippen LogP contribution in [0.2, 0.25) is 0 Å². The molecule has 1 aliphatic heterocycles. The first kappa shape index (κ1) is 20.6. The maximum atomic E-state index is 12.6. The fraction of sp³-hybridized carbons (Fsp3) is 0.545. The lowest BCUT2D eigenvalue weighted by atomic mass is 9.86. The topological polar surface area (TPSA) is 91.0 Å². The van der Waals surface area contributed by atoms with E-state index < -0.39 is 0 Å². The zero-order chi connectivity index (χ0) is 20.9. The average molecular weight is 426 g/mol. The number of thiophene rings is 1. The largest absolute Gasteiger partial charge is 0.336 e. The minimum absolute atomic E-state index is 0.0105. The highest BCUT2D eigenvalue weighted by Gasteiger charge is 2.27. The maximum Gasteiger partial charge on any atom is 0.242 e. The SMILES string of the molecule is N#Cc1c(NC(=O)CCC2CCCCC2)sc2c1CCN(C(=O)Cn1ccnc1)C2. The van der Waals surface area contributed by atoms with Gasteiger partial charge in [0, 0.05) is 30.2 Å². The van der Waals surface area contributed by atoms with Crippen LogP contribution < -0.4 is 5.32 Å². The van der Waals surface area contributed by atoms with Gasteiger partial charge in [-0.05, 0) is 24.3 Å². The van der Waals surface area contributed by atoms with Gasteiger partial charge in [0.2, 0.25) is 11.8 Å². The zero-order valence-electron chi connectivity index (χ0n) is 17.1. The number of nitriles is 1. The number of hydrogen-bond acceptors (Lipinski definition) is 5. The molecule has 30 heavy (non-hydrogen) atoms. The van der Waals surface area contributed by atoms with Crippen LogP contribution in [0.25, 0.3) is 0 Å². The van der Waals surface area contributed by atoms with Crippen molar-refractivity contribution in [3.05, 3.63) is 34.7 Å². The quantitative estimate of drug-likeness (QED) is 0.764. The summed E-state index contributed by atoms with van der Waals surface area (Å²) in [6, 6.07) is 2.27. The highest BCUT2D eigenvalue weighted by molar-refractivity contribution is 7.16. The monoisotopic (exact) mass is 425 g/mol. The minimum atomic E-state index is -0.0105. The van der Waals surface area contributed by atoms with Gasteiger partial charge < -0.3 is 14.8 Å². The molecule has 1 aliphatic carbocycles. The van der Waals surface area contributed by atoms with Gasteiger partial charge in [0.15, 0.2) is 0 Å². The highest BCUT2D eigenvalue weighted by atomic mass is 32.1. The molecule has 0 atom stereocenters. The molecule has 2 amide bonds. The van der Waals surface area contributed by atoms with Crippen molar-refractivity contribution in [2.24, 2.45) is 5.92 Å². The molecule has 1 N–H and O–H groups in total. The van der Waals surface area contributed by atoms with Crippen LogP contribution >= 0.6 is 11.3 Å². The number of carbonyl (C=O) groups is 2. The van der Waals surface area contributed by atoms with Gasteiger partial charge in [0.05, 0.1) is 18.4 Å².